The second-order valence-corrected chi connectivity index (χ2v) is 7.56. The third kappa shape index (κ3) is 5.46. The van der Waals surface area contributed by atoms with Crippen molar-refractivity contribution in [2.24, 2.45) is 0 Å². The Morgan fingerprint density at radius 1 is 1.00 bits per heavy atom. The number of benzene rings is 2. The third-order valence-electron chi connectivity index (χ3n) is 3.01. The minimum Gasteiger partial charge on any atom is -0.358 e. The van der Waals surface area contributed by atoms with Crippen LogP contribution < -0.4 is 10.6 Å². The van der Waals surface area contributed by atoms with Crippen LogP contribution in [0.2, 0.25) is 0 Å². The van der Waals surface area contributed by atoms with Crippen molar-refractivity contribution < 1.29 is 8.42 Å². The Bertz CT molecular complexity index is 744. The summed E-state index contributed by atoms with van der Waals surface area (Å²) in [5.41, 5.74) is 2.62. The molecule has 0 aliphatic carbocycles. The van der Waals surface area contributed by atoms with E-state index in [2.05, 4.69) is 10.6 Å². The number of sulfone groups is 1. The van der Waals surface area contributed by atoms with Crippen LogP contribution in [0.1, 0.15) is 11.1 Å². The second-order valence-electron chi connectivity index (χ2n) is 5.01. The molecule has 0 bridgehead atoms. The van der Waals surface area contributed by atoms with Crippen molar-refractivity contribution in [2.45, 2.75) is 12.3 Å². The van der Waals surface area contributed by atoms with E-state index in [-0.39, 0.29) is 5.75 Å². The first-order valence-electron chi connectivity index (χ1n) is 6.78. The first kappa shape index (κ1) is 16.5. The fraction of sp³-hybridized carbons (Fsp3) is 0.188. The molecule has 0 amide bonds. The molecule has 0 heterocycles. The maximum absolute atomic E-state index is 11.5. The summed E-state index contributed by atoms with van der Waals surface area (Å²) in [5.74, 6) is 0.0315. The maximum Gasteiger partial charge on any atom is 0.171 e. The Morgan fingerprint density at radius 3 is 2.23 bits per heavy atom. The van der Waals surface area contributed by atoms with E-state index < -0.39 is 9.84 Å². The zero-order valence-corrected chi connectivity index (χ0v) is 13.9. The van der Waals surface area contributed by atoms with Gasteiger partial charge >= 0.3 is 0 Å². The number of hydrogen-bond donors (Lipinski definition) is 2. The Hall–Kier alpha value is -1.92. The van der Waals surface area contributed by atoms with Gasteiger partial charge in [0.05, 0.1) is 5.75 Å². The molecule has 0 saturated carbocycles. The summed E-state index contributed by atoms with van der Waals surface area (Å²) in [7, 11) is -3.06. The van der Waals surface area contributed by atoms with Gasteiger partial charge in [-0.15, -0.1) is 0 Å². The van der Waals surface area contributed by atoms with Crippen LogP contribution in [0.4, 0.5) is 5.69 Å². The molecule has 0 spiro atoms. The Labute approximate surface area is 136 Å². The summed E-state index contributed by atoms with van der Waals surface area (Å²) in [6.45, 7) is 0.477. The van der Waals surface area contributed by atoms with E-state index in [4.69, 9.17) is 12.2 Å². The molecule has 2 N–H and O–H groups in total. The van der Waals surface area contributed by atoms with Gasteiger partial charge < -0.3 is 10.6 Å². The molecule has 2 aromatic rings. The van der Waals surface area contributed by atoms with Crippen molar-refractivity contribution in [1.29, 1.82) is 0 Å². The van der Waals surface area contributed by atoms with Crippen molar-refractivity contribution in [3.8, 4) is 0 Å². The van der Waals surface area contributed by atoms with Crippen molar-refractivity contribution in [1.82, 2.24) is 5.32 Å². The number of thiocarbonyl (C=S) groups is 1. The van der Waals surface area contributed by atoms with Crippen LogP contribution in [0.5, 0.6) is 0 Å². The fourth-order valence-corrected chi connectivity index (χ4v) is 3.06. The van der Waals surface area contributed by atoms with Crippen LogP contribution in [0.15, 0.2) is 54.6 Å². The topological polar surface area (TPSA) is 58.2 Å². The van der Waals surface area contributed by atoms with Crippen molar-refractivity contribution in [2.75, 3.05) is 11.6 Å². The summed E-state index contributed by atoms with van der Waals surface area (Å²) in [5, 5.41) is 6.68. The van der Waals surface area contributed by atoms with Gasteiger partial charge in [-0.25, -0.2) is 8.42 Å². The van der Waals surface area contributed by atoms with E-state index in [9.17, 15) is 8.42 Å². The molecule has 2 rings (SSSR count). The third-order valence-corrected chi connectivity index (χ3v) is 4.09. The van der Waals surface area contributed by atoms with Gasteiger partial charge in [0.1, 0.15) is 0 Å². The lowest BCUT2D eigenvalue weighted by Crippen LogP contribution is -2.28. The van der Waals surface area contributed by atoms with Gasteiger partial charge in [-0.3, -0.25) is 0 Å². The number of hydrogen-bond acceptors (Lipinski definition) is 3. The fourth-order valence-electron chi connectivity index (χ4n) is 2.03. The second kappa shape index (κ2) is 7.38. The zero-order valence-electron chi connectivity index (χ0n) is 12.2. The van der Waals surface area contributed by atoms with E-state index in [1.807, 2.05) is 54.6 Å². The summed E-state index contributed by atoms with van der Waals surface area (Å²) in [6, 6.07) is 17.1. The normalized spacial score (nSPS) is 11.0. The lowest BCUT2D eigenvalue weighted by atomic mass is 10.1. The lowest BCUT2D eigenvalue weighted by Gasteiger charge is -2.13. The minimum absolute atomic E-state index is 0.0315. The molecule has 0 fully saturated rings. The molecule has 116 valence electrons. The quantitative estimate of drug-likeness (QED) is 0.824. The van der Waals surface area contributed by atoms with Crippen LogP contribution in [-0.2, 0) is 22.1 Å². The van der Waals surface area contributed by atoms with Gasteiger partial charge in [-0.2, -0.15) is 0 Å². The molecule has 22 heavy (non-hydrogen) atoms. The standard InChI is InChI=1S/C16H18N2O2S2/c1-22(19,20)12-14-8-6-5-7-13(14)11-17-16(21)18-15-9-3-2-4-10-15/h2-10H,11-12H2,1H3,(H2,17,18,21). The molecule has 0 radical (unpaired) electrons. The average Bonchev–Trinajstić information content (AvgIpc) is 2.46. The predicted octanol–water partition coefficient (Wildman–Crippen LogP) is 2.72. The van der Waals surface area contributed by atoms with Crippen LogP contribution in [-0.4, -0.2) is 19.8 Å². The zero-order chi connectivity index (χ0) is 16.0. The highest BCUT2D eigenvalue weighted by atomic mass is 32.2. The highest BCUT2D eigenvalue weighted by Crippen LogP contribution is 2.12. The molecule has 0 aromatic heterocycles. The van der Waals surface area contributed by atoms with Crippen LogP contribution in [0, 0.1) is 0 Å². The highest BCUT2D eigenvalue weighted by molar-refractivity contribution is 7.89. The Morgan fingerprint density at radius 2 is 1.59 bits per heavy atom. The van der Waals surface area contributed by atoms with E-state index in [0.717, 1.165) is 16.8 Å². The van der Waals surface area contributed by atoms with Crippen molar-refractivity contribution in [3.05, 3.63) is 65.7 Å². The molecule has 0 unspecified atom stereocenters. The maximum atomic E-state index is 11.5. The molecule has 0 saturated heterocycles. The number of rotatable bonds is 5. The molecule has 6 heteroatoms. The van der Waals surface area contributed by atoms with Crippen LogP contribution in [0.25, 0.3) is 0 Å². The monoisotopic (exact) mass is 334 g/mol. The molecule has 4 nitrogen and oxygen atoms in total. The van der Waals surface area contributed by atoms with Crippen molar-refractivity contribution >= 4 is 32.9 Å². The SMILES string of the molecule is CS(=O)(=O)Cc1ccccc1CNC(=S)Nc1ccccc1. The van der Waals surface area contributed by atoms with Gasteiger partial charge in [0.2, 0.25) is 0 Å². The van der Waals surface area contributed by atoms with Gasteiger partial charge in [0, 0.05) is 18.5 Å². The van der Waals surface area contributed by atoms with E-state index in [1.54, 1.807) is 0 Å². The van der Waals surface area contributed by atoms with Gasteiger partial charge in [-0.1, -0.05) is 42.5 Å². The minimum atomic E-state index is -3.06. The van der Waals surface area contributed by atoms with Gasteiger partial charge in [-0.05, 0) is 35.5 Å². The predicted molar refractivity (Wildman–Crippen MR) is 94.5 cm³/mol. The highest BCUT2D eigenvalue weighted by Gasteiger charge is 2.09. The molecule has 0 aliphatic rings. The van der Waals surface area contributed by atoms with E-state index >= 15 is 0 Å². The van der Waals surface area contributed by atoms with Crippen molar-refractivity contribution in [3.63, 3.8) is 0 Å². The molecular weight excluding hydrogens is 316 g/mol. The Kier molecular flexibility index (Phi) is 5.51. The van der Waals surface area contributed by atoms with Gasteiger partial charge in [0.15, 0.2) is 14.9 Å². The summed E-state index contributed by atoms with van der Waals surface area (Å²) >= 11 is 5.25. The molecule has 2 aromatic carbocycles. The molecule has 0 atom stereocenters. The van der Waals surface area contributed by atoms with Gasteiger partial charge in [0.25, 0.3) is 0 Å². The average molecular weight is 334 g/mol. The molecule has 0 aliphatic heterocycles. The van der Waals surface area contributed by atoms with Crippen LogP contribution >= 0.6 is 12.2 Å². The number of nitrogens with one attached hydrogen (secondary N) is 2. The van der Waals surface area contributed by atoms with E-state index in [0.29, 0.717) is 11.7 Å². The summed E-state index contributed by atoms with van der Waals surface area (Å²) in [6.07, 6.45) is 1.23. The summed E-state index contributed by atoms with van der Waals surface area (Å²) < 4.78 is 22.9. The smallest absolute Gasteiger partial charge is 0.171 e. The first-order chi connectivity index (χ1) is 10.4. The number of anilines is 1. The van der Waals surface area contributed by atoms with E-state index in [1.165, 1.54) is 6.26 Å². The summed E-state index contributed by atoms with van der Waals surface area (Å²) in [4.78, 5) is 0. The largest absolute Gasteiger partial charge is 0.358 e. The molecular formula is C16H18N2O2S2. The van der Waals surface area contributed by atoms with Crippen LogP contribution in [0.3, 0.4) is 0 Å². The lowest BCUT2D eigenvalue weighted by molar-refractivity contribution is 0.601. The number of para-hydroxylation sites is 1. The Balaban J connectivity index is 1.98. The first-order valence-corrected chi connectivity index (χ1v) is 9.25.